The number of amides is 2. The van der Waals surface area contributed by atoms with E-state index in [0.29, 0.717) is 12.2 Å². The molecule has 0 aliphatic carbocycles. The lowest BCUT2D eigenvalue weighted by atomic mass is 10.1. The van der Waals surface area contributed by atoms with Gasteiger partial charge in [0.25, 0.3) is 11.8 Å². The van der Waals surface area contributed by atoms with Crippen molar-refractivity contribution in [3.8, 4) is 0 Å². The molecule has 0 aromatic heterocycles. The van der Waals surface area contributed by atoms with Gasteiger partial charge < -0.3 is 4.74 Å². The largest absolute Gasteiger partial charge is 0.376 e. The number of rotatable bonds is 3. The van der Waals surface area contributed by atoms with Crippen molar-refractivity contribution in [3.63, 3.8) is 0 Å². The van der Waals surface area contributed by atoms with Crippen molar-refractivity contribution in [2.24, 2.45) is 0 Å². The Bertz CT molecular complexity index is 576. The van der Waals surface area contributed by atoms with Crippen molar-refractivity contribution in [3.05, 3.63) is 40.9 Å². The van der Waals surface area contributed by atoms with E-state index >= 15 is 0 Å². The molecule has 0 saturated carbocycles. The zero-order chi connectivity index (χ0) is 14.1. The Morgan fingerprint density at radius 3 is 2.60 bits per heavy atom. The van der Waals surface area contributed by atoms with Crippen LogP contribution < -0.4 is 0 Å². The third-order valence-corrected chi connectivity index (χ3v) is 3.93. The lowest BCUT2D eigenvalue weighted by molar-refractivity contribution is -0.138. The molecule has 20 heavy (non-hydrogen) atoms. The van der Waals surface area contributed by atoms with Crippen LogP contribution in [0.3, 0.4) is 0 Å². The molecule has 0 bridgehead atoms. The van der Waals surface area contributed by atoms with Crippen LogP contribution in [0.4, 0.5) is 0 Å². The number of ether oxygens (including phenoxy) is 1. The van der Waals surface area contributed by atoms with Gasteiger partial charge in [0, 0.05) is 6.61 Å². The predicted octanol–water partition coefficient (Wildman–Crippen LogP) is 2.18. The molecule has 1 fully saturated rings. The van der Waals surface area contributed by atoms with Gasteiger partial charge >= 0.3 is 0 Å². The fraction of sp³-hybridized carbons (Fsp3) is 0.333. The molecule has 0 radical (unpaired) electrons. The van der Waals surface area contributed by atoms with Crippen LogP contribution in [0.15, 0.2) is 35.4 Å². The Balaban J connectivity index is 1.85. The molecule has 2 aliphatic rings. The molecule has 1 aromatic carbocycles. The van der Waals surface area contributed by atoms with Gasteiger partial charge in [0.15, 0.2) is 0 Å². The molecule has 1 saturated heterocycles. The molecule has 0 N–H and O–H groups in total. The monoisotopic (exact) mass is 291 g/mol. The van der Waals surface area contributed by atoms with E-state index < -0.39 is 5.91 Å². The van der Waals surface area contributed by atoms with E-state index in [2.05, 4.69) is 0 Å². The molecule has 2 aliphatic heterocycles. The first-order valence-corrected chi connectivity index (χ1v) is 6.99. The number of carbonyl (C=O) groups excluding carboxylic acids is 2. The highest BCUT2D eigenvalue weighted by atomic mass is 35.5. The van der Waals surface area contributed by atoms with Gasteiger partial charge in [0.2, 0.25) is 0 Å². The van der Waals surface area contributed by atoms with Crippen molar-refractivity contribution in [1.29, 1.82) is 0 Å². The fourth-order valence-corrected chi connectivity index (χ4v) is 2.85. The molecule has 5 heteroatoms. The van der Waals surface area contributed by atoms with Crippen molar-refractivity contribution in [1.82, 2.24) is 4.90 Å². The quantitative estimate of drug-likeness (QED) is 0.802. The molecule has 2 amide bonds. The Hall–Kier alpha value is -1.65. The standard InChI is InChI=1S/C15H14ClNO3/c16-13-12(10-5-2-1-3-6-10)14(18)17(15(13)19)9-11-7-4-8-20-11/h1-3,5-6,11H,4,7-9H2. The van der Waals surface area contributed by atoms with Gasteiger partial charge in [-0.25, -0.2) is 0 Å². The van der Waals surface area contributed by atoms with Crippen molar-refractivity contribution in [2.45, 2.75) is 18.9 Å². The minimum absolute atomic E-state index is 0.000744. The van der Waals surface area contributed by atoms with E-state index in [1.807, 2.05) is 18.2 Å². The van der Waals surface area contributed by atoms with Crippen LogP contribution in [0.25, 0.3) is 5.57 Å². The zero-order valence-electron chi connectivity index (χ0n) is 10.8. The van der Waals surface area contributed by atoms with E-state index in [4.69, 9.17) is 16.3 Å². The maximum Gasteiger partial charge on any atom is 0.273 e. The van der Waals surface area contributed by atoms with Crippen LogP contribution in [-0.2, 0) is 14.3 Å². The molecule has 1 atom stereocenters. The van der Waals surface area contributed by atoms with Gasteiger partial charge in [0.1, 0.15) is 5.03 Å². The van der Waals surface area contributed by atoms with Gasteiger partial charge in [-0.1, -0.05) is 41.9 Å². The summed E-state index contributed by atoms with van der Waals surface area (Å²) in [5, 5.41) is -0.000744. The molecule has 1 aromatic rings. The van der Waals surface area contributed by atoms with Crippen LogP contribution in [0.1, 0.15) is 18.4 Å². The van der Waals surface area contributed by atoms with E-state index in [0.717, 1.165) is 12.8 Å². The molecular weight excluding hydrogens is 278 g/mol. The van der Waals surface area contributed by atoms with Gasteiger partial charge in [-0.15, -0.1) is 0 Å². The van der Waals surface area contributed by atoms with Gasteiger partial charge in [0.05, 0.1) is 18.2 Å². The van der Waals surface area contributed by atoms with Crippen LogP contribution >= 0.6 is 11.6 Å². The first-order chi connectivity index (χ1) is 9.68. The first-order valence-electron chi connectivity index (χ1n) is 6.61. The lowest BCUT2D eigenvalue weighted by Gasteiger charge is -2.18. The van der Waals surface area contributed by atoms with E-state index in [-0.39, 0.29) is 29.2 Å². The fourth-order valence-electron chi connectivity index (χ4n) is 2.56. The summed E-state index contributed by atoms with van der Waals surface area (Å²) in [6, 6.07) is 9.03. The smallest absolute Gasteiger partial charge is 0.273 e. The Morgan fingerprint density at radius 1 is 1.20 bits per heavy atom. The number of nitrogens with zero attached hydrogens (tertiary/aromatic N) is 1. The summed E-state index contributed by atoms with van der Waals surface area (Å²) in [7, 11) is 0. The third-order valence-electron chi connectivity index (χ3n) is 3.58. The van der Waals surface area contributed by atoms with Gasteiger partial charge in [-0.3, -0.25) is 14.5 Å². The second kappa shape index (κ2) is 5.38. The average Bonchev–Trinajstić information content (AvgIpc) is 3.04. The van der Waals surface area contributed by atoms with Crippen molar-refractivity contribution in [2.75, 3.05) is 13.2 Å². The number of imide groups is 1. The molecule has 4 nitrogen and oxygen atoms in total. The van der Waals surface area contributed by atoms with Gasteiger partial charge in [-0.2, -0.15) is 0 Å². The molecule has 3 rings (SSSR count). The lowest BCUT2D eigenvalue weighted by Crippen LogP contribution is -2.37. The summed E-state index contributed by atoms with van der Waals surface area (Å²) < 4.78 is 5.48. The van der Waals surface area contributed by atoms with E-state index in [9.17, 15) is 9.59 Å². The van der Waals surface area contributed by atoms with Crippen LogP contribution in [0, 0.1) is 0 Å². The van der Waals surface area contributed by atoms with Crippen LogP contribution in [0.2, 0.25) is 0 Å². The summed E-state index contributed by atoms with van der Waals surface area (Å²) >= 11 is 6.07. The van der Waals surface area contributed by atoms with Crippen molar-refractivity contribution < 1.29 is 14.3 Å². The molecule has 2 heterocycles. The molecular formula is C15H14ClNO3. The SMILES string of the molecule is O=C1C(Cl)=C(c2ccccc2)C(=O)N1CC1CCCO1. The number of halogens is 1. The zero-order valence-corrected chi connectivity index (χ0v) is 11.6. The summed E-state index contributed by atoms with van der Waals surface area (Å²) in [6.07, 6.45) is 1.77. The van der Waals surface area contributed by atoms with Crippen LogP contribution in [-0.4, -0.2) is 36.0 Å². The van der Waals surface area contributed by atoms with Crippen LogP contribution in [0.5, 0.6) is 0 Å². The first kappa shape index (κ1) is 13.3. The summed E-state index contributed by atoms with van der Waals surface area (Å²) in [6.45, 7) is 0.970. The maximum absolute atomic E-state index is 12.4. The second-order valence-electron chi connectivity index (χ2n) is 4.91. The normalized spacial score (nSPS) is 23.1. The number of benzene rings is 1. The third kappa shape index (κ3) is 2.25. The number of hydrogen-bond donors (Lipinski definition) is 0. The van der Waals surface area contributed by atoms with E-state index in [1.54, 1.807) is 12.1 Å². The average molecular weight is 292 g/mol. The highest BCUT2D eigenvalue weighted by Crippen LogP contribution is 2.32. The summed E-state index contributed by atoms with van der Waals surface area (Å²) in [5.41, 5.74) is 0.959. The Morgan fingerprint density at radius 2 is 1.95 bits per heavy atom. The Labute approximate surface area is 122 Å². The minimum Gasteiger partial charge on any atom is -0.376 e. The Kier molecular flexibility index (Phi) is 3.59. The molecule has 104 valence electrons. The highest BCUT2D eigenvalue weighted by molar-refractivity contribution is 6.55. The maximum atomic E-state index is 12.4. The molecule has 1 unspecified atom stereocenters. The number of carbonyl (C=O) groups is 2. The summed E-state index contributed by atoms with van der Waals surface area (Å²) in [4.78, 5) is 25.8. The highest BCUT2D eigenvalue weighted by Gasteiger charge is 2.39. The second-order valence-corrected chi connectivity index (χ2v) is 5.29. The predicted molar refractivity (Wildman–Crippen MR) is 74.9 cm³/mol. The van der Waals surface area contributed by atoms with E-state index in [1.165, 1.54) is 4.90 Å². The minimum atomic E-state index is -0.425. The van der Waals surface area contributed by atoms with Gasteiger partial charge in [-0.05, 0) is 18.4 Å². The number of hydrogen-bond acceptors (Lipinski definition) is 3. The molecule has 0 spiro atoms. The topological polar surface area (TPSA) is 46.6 Å². The van der Waals surface area contributed by atoms with Crippen molar-refractivity contribution >= 4 is 29.0 Å². The summed E-state index contributed by atoms with van der Waals surface area (Å²) in [5.74, 6) is -0.757.